The van der Waals surface area contributed by atoms with Crippen molar-refractivity contribution < 1.29 is 5.11 Å². The first-order chi connectivity index (χ1) is 11.6. The lowest BCUT2D eigenvalue weighted by atomic mass is 10.1. The second-order valence-corrected chi connectivity index (χ2v) is 5.96. The van der Waals surface area contributed by atoms with E-state index in [2.05, 4.69) is 52.9 Å². The zero-order valence-electron chi connectivity index (χ0n) is 13.8. The second-order valence-electron chi connectivity index (χ2n) is 5.96. The van der Waals surface area contributed by atoms with Crippen LogP contribution in [-0.2, 0) is 6.54 Å². The lowest BCUT2D eigenvalue weighted by Gasteiger charge is -2.14. The summed E-state index contributed by atoms with van der Waals surface area (Å²) in [6, 6.07) is 16.0. The van der Waals surface area contributed by atoms with Gasteiger partial charge < -0.3 is 10.4 Å². The highest BCUT2D eigenvalue weighted by atomic mass is 16.3. The number of anilines is 1. The molecule has 3 rings (SSSR count). The van der Waals surface area contributed by atoms with E-state index in [0.29, 0.717) is 18.9 Å². The fourth-order valence-electron chi connectivity index (χ4n) is 2.70. The fourth-order valence-corrected chi connectivity index (χ4v) is 2.70. The molecule has 2 N–H and O–H groups in total. The maximum absolute atomic E-state index is 10.3. The summed E-state index contributed by atoms with van der Waals surface area (Å²) in [6.07, 6.45) is -0.600. The van der Waals surface area contributed by atoms with E-state index in [0.717, 1.165) is 11.3 Å². The summed E-state index contributed by atoms with van der Waals surface area (Å²) in [6.45, 7) is 4.87. The van der Waals surface area contributed by atoms with Crippen molar-refractivity contribution >= 4 is 5.69 Å². The molecular weight excluding hydrogens is 302 g/mol. The number of hydrogen-bond donors (Lipinski definition) is 2. The molecule has 6 nitrogen and oxygen atoms in total. The van der Waals surface area contributed by atoms with E-state index in [9.17, 15) is 5.11 Å². The van der Waals surface area contributed by atoms with Crippen LogP contribution in [0.4, 0.5) is 5.69 Å². The van der Waals surface area contributed by atoms with Gasteiger partial charge in [0.1, 0.15) is 0 Å². The van der Waals surface area contributed by atoms with E-state index in [1.807, 2.05) is 30.3 Å². The number of hydrogen-bond acceptors (Lipinski definition) is 5. The van der Waals surface area contributed by atoms with Gasteiger partial charge in [0.2, 0.25) is 0 Å². The van der Waals surface area contributed by atoms with Crippen molar-refractivity contribution in [1.29, 1.82) is 0 Å². The molecule has 0 unspecified atom stereocenters. The first-order valence-electron chi connectivity index (χ1n) is 7.93. The van der Waals surface area contributed by atoms with E-state index in [1.54, 1.807) is 4.68 Å². The molecule has 1 heterocycles. The van der Waals surface area contributed by atoms with Crippen LogP contribution in [0.3, 0.4) is 0 Å². The third kappa shape index (κ3) is 3.97. The molecule has 0 amide bonds. The Bertz CT molecular complexity index is 780. The Labute approximate surface area is 141 Å². The van der Waals surface area contributed by atoms with Crippen LogP contribution >= 0.6 is 0 Å². The number of benzene rings is 2. The minimum absolute atomic E-state index is 0.328. The van der Waals surface area contributed by atoms with Crippen LogP contribution in [0.2, 0.25) is 0 Å². The zero-order valence-corrected chi connectivity index (χ0v) is 13.8. The molecule has 1 aromatic heterocycles. The Morgan fingerprint density at radius 2 is 1.79 bits per heavy atom. The largest absolute Gasteiger partial charge is 0.389 e. The number of aryl methyl sites for hydroxylation is 2. The summed E-state index contributed by atoms with van der Waals surface area (Å²) in [5.41, 5.74) is 4.32. The van der Waals surface area contributed by atoms with Gasteiger partial charge in [0.05, 0.1) is 12.6 Å². The van der Waals surface area contributed by atoms with Gasteiger partial charge in [-0.15, -0.1) is 5.10 Å². The fraction of sp³-hybridized carbons (Fsp3) is 0.278. The van der Waals surface area contributed by atoms with Gasteiger partial charge in [-0.1, -0.05) is 36.4 Å². The lowest BCUT2D eigenvalue weighted by molar-refractivity contribution is 0.161. The standard InChI is InChI=1S/C18H21N5O/c1-13-8-14(2)10-16(9-13)19-11-17(24)12-23-18(20-21-22-23)15-6-4-3-5-7-15/h3-10,17,19,24H,11-12H2,1-2H3/t17-/m1/s1. The third-order valence-corrected chi connectivity index (χ3v) is 3.71. The summed E-state index contributed by atoms with van der Waals surface area (Å²) in [4.78, 5) is 0. The Kier molecular flexibility index (Phi) is 4.86. The molecule has 0 aliphatic carbocycles. The van der Waals surface area contributed by atoms with E-state index in [4.69, 9.17) is 0 Å². The molecule has 2 aromatic carbocycles. The predicted octanol–water partition coefficient (Wildman–Crippen LogP) is 2.43. The number of aliphatic hydroxyl groups is 1. The SMILES string of the molecule is Cc1cc(C)cc(NC[C@@H](O)Cn2nnnc2-c2ccccc2)c1. The number of rotatable bonds is 6. The maximum atomic E-state index is 10.3. The van der Waals surface area contributed by atoms with Gasteiger partial charge in [0, 0.05) is 17.8 Å². The van der Waals surface area contributed by atoms with E-state index >= 15 is 0 Å². The summed E-state index contributed by atoms with van der Waals surface area (Å²) in [7, 11) is 0. The molecule has 24 heavy (non-hydrogen) atoms. The van der Waals surface area contributed by atoms with Crippen LogP contribution < -0.4 is 5.32 Å². The average Bonchev–Trinajstić information content (AvgIpc) is 3.01. The topological polar surface area (TPSA) is 75.9 Å². The summed E-state index contributed by atoms with van der Waals surface area (Å²) in [5.74, 6) is 0.654. The first kappa shape index (κ1) is 16.1. The molecule has 0 aliphatic rings. The molecule has 0 radical (unpaired) electrons. The lowest BCUT2D eigenvalue weighted by Crippen LogP contribution is -2.26. The monoisotopic (exact) mass is 323 g/mol. The van der Waals surface area contributed by atoms with E-state index < -0.39 is 6.10 Å². The smallest absolute Gasteiger partial charge is 0.182 e. The molecule has 0 bridgehead atoms. The highest BCUT2D eigenvalue weighted by Crippen LogP contribution is 2.16. The second kappa shape index (κ2) is 7.23. The Morgan fingerprint density at radius 1 is 1.08 bits per heavy atom. The van der Waals surface area contributed by atoms with E-state index in [1.165, 1.54) is 11.1 Å². The van der Waals surface area contributed by atoms with Gasteiger partial charge in [0.25, 0.3) is 0 Å². The molecule has 0 spiro atoms. The Morgan fingerprint density at radius 3 is 2.50 bits per heavy atom. The molecule has 124 valence electrons. The first-order valence-corrected chi connectivity index (χ1v) is 7.93. The molecule has 0 aliphatic heterocycles. The van der Waals surface area contributed by atoms with Crippen molar-refractivity contribution in [2.24, 2.45) is 0 Å². The number of aromatic nitrogens is 4. The minimum atomic E-state index is -0.600. The third-order valence-electron chi connectivity index (χ3n) is 3.71. The highest BCUT2D eigenvalue weighted by molar-refractivity contribution is 5.54. The van der Waals surface area contributed by atoms with Crippen LogP contribution in [0.15, 0.2) is 48.5 Å². The molecule has 0 saturated carbocycles. The van der Waals surface area contributed by atoms with Crippen molar-refractivity contribution in [3.8, 4) is 11.4 Å². The van der Waals surface area contributed by atoms with Crippen molar-refractivity contribution in [2.75, 3.05) is 11.9 Å². The van der Waals surface area contributed by atoms with Crippen LogP contribution in [0.25, 0.3) is 11.4 Å². The van der Waals surface area contributed by atoms with Crippen molar-refractivity contribution in [3.63, 3.8) is 0 Å². The van der Waals surface area contributed by atoms with Crippen LogP contribution in [0.5, 0.6) is 0 Å². The van der Waals surface area contributed by atoms with Gasteiger partial charge in [-0.3, -0.25) is 0 Å². The summed E-state index contributed by atoms with van der Waals surface area (Å²) >= 11 is 0. The van der Waals surface area contributed by atoms with Gasteiger partial charge in [0.15, 0.2) is 5.82 Å². The van der Waals surface area contributed by atoms with Crippen molar-refractivity contribution in [1.82, 2.24) is 20.2 Å². The molecule has 1 atom stereocenters. The number of nitrogens with zero attached hydrogens (tertiary/aromatic N) is 4. The van der Waals surface area contributed by atoms with Crippen molar-refractivity contribution in [3.05, 3.63) is 59.7 Å². The van der Waals surface area contributed by atoms with Crippen LogP contribution in [0.1, 0.15) is 11.1 Å². The Hall–Kier alpha value is -2.73. The van der Waals surface area contributed by atoms with Crippen LogP contribution in [0, 0.1) is 13.8 Å². The molecule has 0 saturated heterocycles. The molecule has 0 fully saturated rings. The number of tetrazole rings is 1. The molecule has 6 heteroatoms. The zero-order chi connectivity index (χ0) is 16.9. The van der Waals surface area contributed by atoms with Gasteiger partial charge in [-0.05, 0) is 47.5 Å². The average molecular weight is 323 g/mol. The normalized spacial score (nSPS) is 12.1. The molecular formula is C18H21N5O. The van der Waals surface area contributed by atoms with Crippen molar-refractivity contribution in [2.45, 2.75) is 26.5 Å². The number of aliphatic hydroxyl groups excluding tert-OH is 1. The Balaban J connectivity index is 1.63. The predicted molar refractivity (Wildman–Crippen MR) is 93.7 cm³/mol. The number of nitrogens with one attached hydrogen (secondary N) is 1. The quantitative estimate of drug-likeness (QED) is 0.728. The maximum Gasteiger partial charge on any atom is 0.182 e. The molecule has 3 aromatic rings. The van der Waals surface area contributed by atoms with Gasteiger partial charge in [-0.2, -0.15) is 0 Å². The van der Waals surface area contributed by atoms with Gasteiger partial charge >= 0.3 is 0 Å². The van der Waals surface area contributed by atoms with Gasteiger partial charge in [-0.25, -0.2) is 4.68 Å². The van der Waals surface area contributed by atoms with Crippen LogP contribution in [-0.4, -0.2) is 38.0 Å². The summed E-state index contributed by atoms with van der Waals surface area (Å²) in [5, 5.41) is 25.3. The minimum Gasteiger partial charge on any atom is -0.389 e. The van der Waals surface area contributed by atoms with E-state index in [-0.39, 0.29) is 0 Å². The summed E-state index contributed by atoms with van der Waals surface area (Å²) < 4.78 is 1.63. The highest BCUT2D eigenvalue weighted by Gasteiger charge is 2.13.